The van der Waals surface area contributed by atoms with E-state index < -0.39 is 10.0 Å². The minimum Gasteiger partial charge on any atom is -0.379 e. The molecule has 0 bridgehead atoms. The third-order valence-electron chi connectivity index (χ3n) is 7.07. The molecule has 2 aromatic heterocycles. The predicted octanol–water partition coefficient (Wildman–Crippen LogP) is 1.50. The van der Waals surface area contributed by atoms with E-state index in [0.717, 1.165) is 11.3 Å². The molecule has 0 unspecified atom stereocenters. The Morgan fingerprint density at radius 3 is 2.26 bits per heavy atom. The molecule has 0 N–H and O–H groups in total. The normalized spacial score (nSPS) is 17.1. The molecule has 0 atom stereocenters. The number of aromatic nitrogens is 5. The van der Waals surface area contributed by atoms with Gasteiger partial charge in [0.25, 0.3) is 5.91 Å². The molecule has 2 fully saturated rings. The van der Waals surface area contributed by atoms with Crippen molar-refractivity contribution in [2.45, 2.75) is 11.8 Å². The summed E-state index contributed by atoms with van der Waals surface area (Å²) in [5.41, 5.74) is 3.70. The van der Waals surface area contributed by atoms with E-state index in [-0.39, 0.29) is 10.8 Å². The van der Waals surface area contributed by atoms with E-state index in [1.54, 1.807) is 21.7 Å². The Morgan fingerprint density at radius 2 is 1.56 bits per heavy atom. The number of benzene rings is 2. The maximum absolute atomic E-state index is 13.2. The van der Waals surface area contributed by atoms with Crippen molar-refractivity contribution in [1.29, 1.82) is 0 Å². The van der Waals surface area contributed by atoms with Crippen molar-refractivity contribution in [2.24, 2.45) is 0 Å². The van der Waals surface area contributed by atoms with Crippen LogP contribution in [0.15, 0.2) is 59.8 Å². The number of piperazine rings is 1. The van der Waals surface area contributed by atoms with Gasteiger partial charge in [-0.1, -0.05) is 22.9 Å². The Morgan fingerprint density at radius 1 is 0.872 bits per heavy atom. The zero-order valence-corrected chi connectivity index (χ0v) is 22.3. The molecule has 13 heteroatoms. The number of nitrogens with zero attached hydrogens (tertiary/aromatic N) is 8. The number of carbonyl (C=O) groups excluding carboxylic acids is 1. The van der Waals surface area contributed by atoms with Crippen molar-refractivity contribution < 1.29 is 17.9 Å². The van der Waals surface area contributed by atoms with Crippen LogP contribution in [0.4, 0.5) is 5.82 Å². The van der Waals surface area contributed by atoms with Crippen LogP contribution in [0.25, 0.3) is 16.9 Å². The molecule has 0 radical (unpaired) electrons. The van der Waals surface area contributed by atoms with E-state index in [1.165, 1.54) is 22.8 Å². The molecule has 0 aliphatic carbocycles. The first kappa shape index (κ1) is 25.3. The quantitative estimate of drug-likeness (QED) is 0.365. The van der Waals surface area contributed by atoms with E-state index in [9.17, 15) is 13.2 Å². The van der Waals surface area contributed by atoms with E-state index in [2.05, 4.69) is 25.2 Å². The lowest BCUT2D eigenvalue weighted by Crippen LogP contribution is -2.49. The molecule has 6 rings (SSSR count). The molecule has 4 aromatic rings. The van der Waals surface area contributed by atoms with Gasteiger partial charge in [0.05, 0.1) is 23.8 Å². The fourth-order valence-electron chi connectivity index (χ4n) is 4.84. The highest BCUT2D eigenvalue weighted by Crippen LogP contribution is 2.24. The van der Waals surface area contributed by atoms with E-state index in [1.807, 2.05) is 31.2 Å². The van der Waals surface area contributed by atoms with Crippen molar-refractivity contribution in [1.82, 2.24) is 34.2 Å². The maximum Gasteiger partial charge on any atom is 0.253 e. The second kappa shape index (κ2) is 10.3. The van der Waals surface area contributed by atoms with Crippen LogP contribution in [0.5, 0.6) is 0 Å². The first-order valence-corrected chi connectivity index (χ1v) is 14.2. The van der Waals surface area contributed by atoms with E-state index in [4.69, 9.17) is 4.74 Å². The van der Waals surface area contributed by atoms with Crippen molar-refractivity contribution in [3.63, 3.8) is 0 Å². The summed E-state index contributed by atoms with van der Waals surface area (Å²) < 4.78 is 34.1. The van der Waals surface area contributed by atoms with E-state index >= 15 is 0 Å². The number of anilines is 1. The van der Waals surface area contributed by atoms with Gasteiger partial charge in [-0.3, -0.25) is 4.79 Å². The van der Waals surface area contributed by atoms with Crippen LogP contribution < -0.4 is 4.90 Å². The number of morpholine rings is 1. The summed E-state index contributed by atoms with van der Waals surface area (Å²) in [5, 5.41) is 8.67. The Balaban J connectivity index is 1.14. The number of aryl methyl sites for hydroxylation is 1. The summed E-state index contributed by atoms with van der Waals surface area (Å²) in [6, 6.07) is 14.1. The fourth-order valence-corrected chi connectivity index (χ4v) is 6.25. The largest absolute Gasteiger partial charge is 0.379 e. The highest BCUT2D eigenvalue weighted by molar-refractivity contribution is 7.89. The van der Waals surface area contributed by atoms with Crippen molar-refractivity contribution in [3.8, 4) is 5.69 Å². The van der Waals surface area contributed by atoms with Gasteiger partial charge in [-0.25, -0.2) is 18.4 Å². The Bertz CT molecular complexity index is 1590. The van der Waals surface area contributed by atoms with Gasteiger partial charge in [-0.15, -0.1) is 5.10 Å². The molecule has 202 valence electrons. The number of hydrogen-bond donors (Lipinski definition) is 0. The molecule has 4 heterocycles. The van der Waals surface area contributed by atoms with Crippen LogP contribution in [0.1, 0.15) is 15.9 Å². The highest BCUT2D eigenvalue weighted by Gasteiger charge is 2.28. The number of hydrogen-bond acceptors (Lipinski definition) is 9. The molecular formula is C26H28N8O4S. The Hall–Kier alpha value is -3.94. The molecule has 0 spiro atoms. The summed E-state index contributed by atoms with van der Waals surface area (Å²) in [4.78, 5) is 26.1. The third kappa shape index (κ3) is 4.84. The second-order valence-electron chi connectivity index (χ2n) is 9.53. The van der Waals surface area contributed by atoms with Gasteiger partial charge in [0.2, 0.25) is 10.0 Å². The number of fused-ring (bicyclic) bond motifs is 1. The lowest BCUT2D eigenvalue weighted by atomic mass is 10.2. The van der Waals surface area contributed by atoms with Gasteiger partial charge in [-0.05, 0) is 43.3 Å². The van der Waals surface area contributed by atoms with Crippen LogP contribution in [0.2, 0.25) is 0 Å². The summed E-state index contributed by atoms with van der Waals surface area (Å²) in [6.07, 6.45) is 1.51. The zero-order valence-electron chi connectivity index (χ0n) is 21.5. The SMILES string of the molecule is Cc1ccc(-n2nnc3c(N4CCN(C(=O)c5ccc(S(=O)(=O)N6CCOCC6)cc5)CC4)ncnc32)cc1. The number of sulfonamides is 1. The molecule has 12 nitrogen and oxygen atoms in total. The first-order chi connectivity index (χ1) is 18.9. The Labute approximate surface area is 225 Å². The minimum absolute atomic E-state index is 0.136. The Kier molecular flexibility index (Phi) is 6.71. The number of carbonyl (C=O) groups is 1. The first-order valence-electron chi connectivity index (χ1n) is 12.8. The van der Waals surface area contributed by atoms with Crippen molar-refractivity contribution in [2.75, 3.05) is 57.4 Å². The summed E-state index contributed by atoms with van der Waals surface area (Å²) in [6.45, 7) is 5.56. The maximum atomic E-state index is 13.2. The predicted molar refractivity (Wildman–Crippen MR) is 143 cm³/mol. The van der Waals surface area contributed by atoms with Crippen molar-refractivity contribution >= 4 is 32.9 Å². The number of amides is 1. The summed E-state index contributed by atoms with van der Waals surface area (Å²) >= 11 is 0. The van der Waals surface area contributed by atoms with Crippen LogP contribution in [-0.2, 0) is 14.8 Å². The van der Waals surface area contributed by atoms with Gasteiger partial charge in [0.15, 0.2) is 17.0 Å². The van der Waals surface area contributed by atoms with Crippen molar-refractivity contribution in [3.05, 3.63) is 66.0 Å². The van der Waals surface area contributed by atoms with Gasteiger partial charge in [0, 0.05) is 44.8 Å². The van der Waals surface area contributed by atoms with Gasteiger partial charge >= 0.3 is 0 Å². The molecule has 2 aliphatic heterocycles. The fraction of sp³-hybridized carbons (Fsp3) is 0.346. The molecule has 0 saturated carbocycles. The standard InChI is InChI=1S/C26H28N8O4S/c1-19-2-6-21(7-3-19)34-25-23(29-30-34)24(27-18-28-25)31-10-12-32(13-11-31)26(35)20-4-8-22(9-5-20)39(36,37)33-14-16-38-17-15-33/h2-9,18H,10-17H2,1H3. The van der Waals surface area contributed by atoms with Gasteiger partial charge < -0.3 is 14.5 Å². The topological polar surface area (TPSA) is 127 Å². The lowest BCUT2D eigenvalue weighted by molar-refractivity contribution is 0.0730. The highest BCUT2D eigenvalue weighted by atomic mass is 32.2. The molecule has 2 aromatic carbocycles. The molecule has 2 saturated heterocycles. The van der Waals surface area contributed by atoms with Gasteiger partial charge in [0.1, 0.15) is 6.33 Å². The lowest BCUT2D eigenvalue weighted by Gasteiger charge is -2.35. The molecule has 2 aliphatic rings. The van der Waals surface area contributed by atoms with E-state index in [0.29, 0.717) is 75.0 Å². The number of rotatable bonds is 5. The van der Waals surface area contributed by atoms with Crippen LogP contribution in [-0.4, -0.2) is 101 Å². The average Bonchev–Trinajstić information content (AvgIpc) is 3.42. The summed E-state index contributed by atoms with van der Waals surface area (Å²) in [5.74, 6) is 0.547. The summed E-state index contributed by atoms with van der Waals surface area (Å²) in [7, 11) is -3.61. The van der Waals surface area contributed by atoms with Crippen LogP contribution >= 0.6 is 0 Å². The molecule has 39 heavy (non-hydrogen) atoms. The van der Waals surface area contributed by atoms with Crippen LogP contribution in [0.3, 0.4) is 0 Å². The second-order valence-corrected chi connectivity index (χ2v) is 11.5. The third-order valence-corrected chi connectivity index (χ3v) is 8.99. The average molecular weight is 549 g/mol. The van der Waals surface area contributed by atoms with Crippen LogP contribution in [0, 0.1) is 6.92 Å². The number of ether oxygens (including phenoxy) is 1. The minimum atomic E-state index is -3.61. The molecular weight excluding hydrogens is 520 g/mol. The molecule has 1 amide bonds. The zero-order chi connectivity index (χ0) is 27.0. The smallest absolute Gasteiger partial charge is 0.253 e. The monoisotopic (exact) mass is 548 g/mol. The van der Waals surface area contributed by atoms with Gasteiger partial charge in [-0.2, -0.15) is 8.99 Å².